The van der Waals surface area contributed by atoms with Gasteiger partial charge in [0.2, 0.25) is 11.8 Å². The van der Waals surface area contributed by atoms with E-state index >= 15 is 0 Å². The highest BCUT2D eigenvalue weighted by Gasteiger charge is 2.15. The van der Waals surface area contributed by atoms with Gasteiger partial charge in [0, 0.05) is 34.3 Å². The number of anilines is 2. The molecule has 0 aliphatic carbocycles. The Bertz CT molecular complexity index is 1220. The molecule has 0 spiro atoms. The van der Waals surface area contributed by atoms with Crippen LogP contribution in [-0.2, 0) is 16.1 Å². The van der Waals surface area contributed by atoms with Gasteiger partial charge in [-0.3, -0.25) is 14.3 Å². The second-order valence-corrected chi connectivity index (χ2v) is 7.28. The van der Waals surface area contributed by atoms with E-state index in [4.69, 9.17) is 11.6 Å². The third-order valence-corrected chi connectivity index (χ3v) is 4.78. The normalized spacial score (nSPS) is 10.7. The molecule has 150 valence electrons. The maximum atomic E-state index is 12.6. The highest BCUT2D eigenvalue weighted by Crippen LogP contribution is 2.30. The van der Waals surface area contributed by atoms with Crippen LogP contribution < -0.4 is 10.6 Å². The molecule has 3 aromatic carbocycles. The predicted molar refractivity (Wildman–Crippen MR) is 120 cm³/mol. The van der Waals surface area contributed by atoms with Crippen LogP contribution in [0.1, 0.15) is 6.92 Å². The lowest BCUT2D eigenvalue weighted by Gasteiger charge is -2.08. The molecular formula is C23H19ClN4O2. The molecule has 4 rings (SSSR count). The molecule has 30 heavy (non-hydrogen) atoms. The average molecular weight is 419 g/mol. The minimum atomic E-state index is -0.207. The van der Waals surface area contributed by atoms with Crippen LogP contribution in [0.3, 0.4) is 0 Å². The lowest BCUT2D eigenvalue weighted by Crippen LogP contribution is -2.19. The van der Waals surface area contributed by atoms with E-state index in [1.807, 2.05) is 42.5 Å². The zero-order valence-electron chi connectivity index (χ0n) is 16.2. The van der Waals surface area contributed by atoms with Gasteiger partial charge in [0.05, 0.1) is 5.52 Å². The van der Waals surface area contributed by atoms with E-state index in [1.165, 1.54) is 6.92 Å². The number of rotatable bonds is 5. The zero-order chi connectivity index (χ0) is 21.1. The molecule has 0 unspecified atom stereocenters. The van der Waals surface area contributed by atoms with Crippen LogP contribution in [0.15, 0.2) is 72.8 Å². The summed E-state index contributed by atoms with van der Waals surface area (Å²) in [5.74, 6) is -0.354. The van der Waals surface area contributed by atoms with Crippen molar-refractivity contribution in [3.8, 4) is 11.3 Å². The van der Waals surface area contributed by atoms with Crippen molar-refractivity contribution in [3.05, 3.63) is 77.8 Å². The van der Waals surface area contributed by atoms with Crippen LogP contribution in [0.4, 0.5) is 11.4 Å². The summed E-state index contributed by atoms with van der Waals surface area (Å²) in [5.41, 5.74) is 3.87. The fourth-order valence-corrected chi connectivity index (χ4v) is 3.43. The SMILES string of the molecule is CC(=O)Nc1ccc(NC(=O)Cn2nc(-c3ccccc3)c3cc(Cl)ccc32)cc1. The predicted octanol–water partition coefficient (Wildman–Crippen LogP) is 4.95. The quantitative estimate of drug-likeness (QED) is 0.481. The molecule has 0 saturated carbocycles. The molecule has 0 aliphatic rings. The highest BCUT2D eigenvalue weighted by atomic mass is 35.5. The van der Waals surface area contributed by atoms with Gasteiger partial charge in [0.25, 0.3) is 0 Å². The van der Waals surface area contributed by atoms with Crippen molar-refractivity contribution >= 4 is 45.7 Å². The van der Waals surface area contributed by atoms with Crippen LogP contribution in [0.2, 0.25) is 5.02 Å². The monoisotopic (exact) mass is 418 g/mol. The number of carbonyl (C=O) groups excluding carboxylic acids is 2. The smallest absolute Gasteiger partial charge is 0.246 e. The van der Waals surface area contributed by atoms with Crippen molar-refractivity contribution in [1.29, 1.82) is 0 Å². The summed E-state index contributed by atoms with van der Waals surface area (Å²) in [6.07, 6.45) is 0. The molecule has 4 aromatic rings. The number of hydrogen-bond acceptors (Lipinski definition) is 3. The van der Waals surface area contributed by atoms with E-state index < -0.39 is 0 Å². The number of hydrogen-bond donors (Lipinski definition) is 2. The van der Waals surface area contributed by atoms with Crippen LogP contribution >= 0.6 is 11.6 Å². The van der Waals surface area contributed by atoms with E-state index in [0.29, 0.717) is 16.4 Å². The molecule has 0 fully saturated rings. The maximum Gasteiger partial charge on any atom is 0.246 e. The summed E-state index contributed by atoms with van der Waals surface area (Å²) in [7, 11) is 0. The number of amides is 2. The van der Waals surface area contributed by atoms with Gasteiger partial charge in [-0.05, 0) is 42.5 Å². The van der Waals surface area contributed by atoms with Crippen molar-refractivity contribution in [2.45, 2.75) is 13.5 Å². The molecule has 0 aliphatic heterocycles. The summed E-state index contributed by atoms with van der Waals surface area (Å²) in [6, 6.07) is 22.2. The number of benzene rings is 3. The average Bonchev–Trinajstić information content (AvgIpc) is 3.07. The van der Waals surface area contributed by atoms with Gasteiger partial charge in [0.15, 0.2) is 0 Å². The summed E-state index contributed by atoms with van der Waals surface area (Å²) < 4.78 is 1.68. The van der Waals surface area contributed by atoms with Crippen molar-refractivity contribution in [1.82, 2.24) is 9.78 Å². The Morgan fingerprint density at radius 1 is 0.933 bits per heavy atom. The Morgan fingerprint density at radius 3 is 2.27 bits per heavy atom. The van der Waals surface area contributed by atoms with E-state index in [2.05, 4.69) is 15.7 Å². The molecule has 1 heterocycles. The van der Waals surface area contributed by atoms with Gasteiger partial charge in [-0.1, -0.05) is 41.9 Å². The molecule has 2 amide bonds. The van der Waals surface area contributed by atoms with E-state index in [1.54, 1.807) is 35.0 Å². The van der Waals surface area contributed by atoms with E-state index in [9.17, 15) is 9.59 Å². The Morgan fingerprint density at radius 2 is 1.60 bits per heavy atom. The Balaban J connectivity index is 1.58. The van der Waals surface area contributed by atoms with Crippen molar-refractivity contribution in [2.75, 3.05) is 10.6 Å². The van der Waals surface area contributed by atoms with Gasteiger partial charge < -0.3 is 10.6 Å². The molecule has 0 bridgehead atoms. The van der Waals surface area contributed by atoms with Crippen LogP contribution in [0.25, 0.3) is 22.2 Å². The van der Waals surface area contributed by atoms with Crippen molar-refractivity contribution in [2.24, 2.45) is 0 Å². The molecule has 7 heteroatoms. The topological polar surface area (TPSA) is 76.0 Å². The molecule has 0 saturated heterocycles. The number of halogens is 1. The molecule has 0 atom stereocenters. The number of aromatic nitrogens is 2. The molecule has 2 N–H and O–H groups in total. The van der Waals surface area contributed by atoms with Crippen LogP contribution in [0.5, 0.6) is 0 Å². The lowest BCUT2D eigenvalue weighted by molar-refractivity contribution is -0.117. The molecule has 0 radical (unpaired) electrons. The number of nitrogens with zero attached hydrogens (tertiary/aromatic N) is 2. The standard InChI is InChI=1S/C23H19ClN4O2/c1-15(29)25-18-8-10-19(11-9-18)26-22(30)14-28-21-12-7-17(24)13-20(21)23(27-28)16-5-3-2-4-6-16/h2-13H,14H2,1H3,(H,25,29)(H,26,30). The fourth-order valence-electron chi connectivity index (χ4n) is 3.26. The van der Waals surface area contributed by atoms with Crippen LogP contribution in [-0.4, -0.2) is 21.6 Å². The Hall–Kier alpha value is -3.64. The summed E-state index contributed by atoms with van der Waals surface area (Å²) in [6.45, 7) is 1.50. The largest absolute Gasteiger partial charge is 0.326 e. The van der Waals surface area contributed by atoms with Gasteiger partial charge >= 0.3 is 0 Å². The van der Waals surface area contributed by atoms with Crippen molar-refractivity contribution < 1.29 is 9.59 Å². The van der Waals surface area contributed by atoms with E-state index in [-0.39, 0.29) is 18.4 Å². The zero-order valence-corrected chi connectivity index (χ0v) is 17.0. The fraction of sp³-hybridized carbons (Fsp3) is 0.0870. The van der Waals surface area contributed by atoms with Gasteiger partial charge in [-0.25, -0.2) is 0 Å². The van der Waals surface area contributed by atoms with Crippen molar-refractivity contribution in [3.63, 3.8) is 0 Å². The summed E-state index contributed by atoms with van der Waals surface area (Å²) >= 11 is 6.20. The van der Waals surface area contributed by atoms with Gasteiger partial charge in [0.1, 0.15) is 12.2 Å². The summed E-state index contributed by atoms with van der Waals surface area (Å²) in [5, 5.41) is 11.7. The summed E-state index contributed by atoms with van der Waals surface area (Å²) in [4.78, 5) is 23.7. The maximum absolute atomic E-state index is 12.6. The Kier molecular flexibility index (Phi) is 5.50. The minimum Gasteiger partial charge on any atom is -0.326 e. The molecular weight excluding hydrogens is 400 g/mol. The number of fused-ring (bicyclic) bond motifs is 1. The number of carbonyl (C=O) groups is 2. The van der Waals surface area contributed by atoms with E-state index in [0.717, 1.165) is 22.2 Å². The third kappa shape index (κ3) is 4.34. The van der Waals surface area contributed by atoms with Gasteiger partial charge in [-0.15, -0.1) is 0 Å². The molecule has 6 nitrogen and oxygen atoms in total. The first-order chi connectivity index (χ1) is 14.5. The first kappa shape index (κ1) is 19.7. The minimum absolute atomic E-state index is 0.0540. The highest BCUT2D eigenvalue weighted by molar-refractivity contribution is 6.31. The van der Waals surface area contributed by atoms with Crippen LogP contribution in [0, 0.1) is 0 Å². The molecule has 1 aromatic heterocycles. The lowest BCUT2D eigenvalue weighted by atomic mass is 10.1. The Labute approximate surface area is 178 Å². The second kappa shape index (κ2) is 8.39. The first-order valence-electron chi connectivity index (χ1n) is 9.38. The first-order valence-corrected chi connectivity index (χ1v) is 9.76. The number of nitrogens with one attached hydrogen (secondary N) is 2. The second-order valence-electron chi connectivity index (χ2n) is 6.84. The third-order valence-electron chi connectivity index (χ3n) is 4.54. The van der Waals surface area contributed by atoms with Gasteiger partial charge in [-0.2, -0.15) is 5.10 Å².